The Morgan fingerprint density at radius 2 is 1.94 bits per heavy atom. The molecule has 6 nitrogen and oxygen atoms in total. The summed E-state index contributed by atoms with van der Waals surface area (Å²) >= 11 is 0. The van der Waals surface area contributed by atoms with Crippen molar-refractivity contribution in [2.24, 2.45) is 0 Å². The first-order chi connectivity index (χ1) is 8.58. The minimum Gasteiger partial charge on any atom is -0.482 e. The number of hydrogen-bond acceptors (Lipinski definition) is 4. The SMILES string of the molecule is CC(C)n1cc(OCc2ncnn2C(C)C)cn1. The molecule has 0 amide bonds. The molecule has 18 heavy (non-hydrogen) atoms. The van der Waals surface area contributed by atoms with Gasteiger partial charge in [0.15, 0.2) is 11.6 Å². The zero-order valence-corrected chi connectivity index (χ0v) is 11.2. The molecular weight excluding hydrogens is 230 g/mol. The Labute approximate surface area is 107 Å². The van der Waals surface area contributed by atoms with E-state index in [-0.39, 0.29) is 6.04 Å². The lowest BCUT2D eigenvalue weighted by atomic mass is 10.4. The standard InChI is InChI=1S/C12H19N5O/c1-9(2)16-6-11(5-14-16)18-7-12-13-8-15-17(12)10(3)4/h5-6,8-10H,7H2,1-4H3. The van der Waals surface area contributed by atoms with Gasteiger partial charge in [0, 0.05) is 12.1 Å². The smallest absolute Gasteiger partial charge is 0.165 e. The molecule has 0 radical (unpaired) electrons. The lowest BCUT2D eigenvalue weighted by molar-refractivity contribution is 0.282. The highest BCUT2D eigenvalue weighted by Gasteiger charge is 2.09. The average molecular weight is 249 g/mol. The van der Waals surface area contributed by atoms with Crippen molar-refractivity contribution >= 4 is 0 Å². The topological polar surface area (TPSA) is 57.8 Å². The molecule has 0 aromatic carbocycles. The first kappa shape index (κ1) is 12.6. The maximum Gasteiger partial charge on any atom is 0.165 e. The summed E-state index contributed by atoms with van der Waals surface area (Å²) in [5, 5.41) is 8.39. The predicted molar refractivity (Wildman–Crippen MR) is 67.4 cm³/mol. The summed E-state index contributed by atoms with van der Waals surface area (Å²) < 4.78 is 9.38. The Morgan fingerprint density at radius 1 is 1.17 bits per heavy atom. The predicted octanol–water partition coefficient (Wildman–Crippen LogP) is 2.22. The molecule has 98 valence electrons. The summed E-state index contributed by atoms with van der Waals surface area (Å²) in [5.41, 5.74) is 0. The fourth-order valence-electron chi connectivity index (χ4n) is 1.63. The van der Waals surface area contributed by atoms with Gasteiger partial charge in [-0.05, 0) is 27.7 Å². The molecule has 0 fully saturated rings. The second kappa shape index (κ2) is 5.20. The second-order valence-electron chi connectivity index (χ2n) is 4.75. The number of hydrogen-bond donors (Lipinski definition) is 0. The first-order valence-corrected chi connectivity index (χ1v) is 6.13. The molecule has 0 saturated heterocycles. The van der Waals surface area contributed by atoms with E-state index in [2.05, 4.69) is 42.9 Å². The van der Waals surface area contributed by atoms with E-state index >= 15 is 0 Å². The van der Waals surface area contributed by atoms with Gasteiger partial charge in [0.2, 0.25) is 0 Å². The first-order valence-electron chi connectivity index (χ1n) is 6.13. The van der Waals surface area contributed by atoms with Gasteiger partial charge in [-0.1, -0.05) is 0 Å². The van der Waals surface area contributed by atoms with Crippen LogP contribution in [-0.2, 0) is 6.61 Å². The van der Waals surface area contributed by atoms with Crippen LogP contribution in [0.3, 0.4) is 0 Å². The molecule has 0 spiro atoms. The van der Waals surface area contributed by atoms with Crippen molar-refractivity contribution in [3.05, 3.63) is 24.5 Å². The van der Waals surface area contributed by atoms with Gasteiger partial charge < -0.3 is 4.74 Å². The maximum atomic E-state index is 5.67. The lowest BCUT2D eigenvalue weighted by Gasteiger charge is -2.09. The minimum atomic E-state index is 0.282. The van der Waals surface area contributed by atoms with Crippen molar-refractivity contribution in [3.63, 3.8) is 0 Å². The van der Waals surface area contributed by atoms with E-state index in [0.29, 0.717) is 12.6 Å². The molecule has 0 N–H and O–H groups in total. The Balaban J connectivity index is 2.00. The molecule has 0 saturated carbocycles. The number of aromatic nitrogens is 5. The molecule has 0 aliphatic carbocycles. The van der Waals surface area contributed by atoms with Crippen LogP contribution in [0.5, 0.6) is 5.75 Å². The molecular formula is C12H19N5O. The van der Waals surface area contributed by atoms with Gasteiger partial charge in [-0.3, -0.25) is 4.68 Å². The lowest BCUT2D eigenvalue weighted by Crippen LogP contribution is -2.10. The van der Waals surface area contributed by atoms with E-state index in [4.69, 9.17) is 4.74 Å². The Bertz CT molecular complexity index is 500. The van der Waals surface area contributed by atoms with Crippen LogP contribution in [0, 0.1) is 0 Å². The molecule has 0 aliphatic rings. The third-order valence-electron chi connectivity index (χ3n) is 2.61. The van der Waals surface area contributed by atoms with Gasteiger partial charge in [-0.2, -0.15) is 10.2 Å². The molecule has 0 aliphatic heterocycles. The fraction of sp³-hybridized carbons (Fsp3) is 0.583. The van der Waals surface area contributed by atoms with Gasteiger partial charge in [0.05, 0.1) is 12.4 Å². The van der Waals surface area contributed by atoms with Crippen molar-refractivity contribution in [1.29, 1.82) is 0 Å². The van der Waals surface area contributed by atoms with Crippen molar-refractivity contribution in [1.82, 2.24) is 24.5 Å². The third kappa shape index (κ3) is 2.69. The highest BCUT2D eigenvalue weighted by atomic mass is 16.5. The summed E-state index contributed by atoms with van der Waals surface area (Å²) in [5.74, 6) is 1.57. The van der Waals surface area contributed by atoms with Gasteiger partial charge in [0.25, 0.3) is 0 Å². The summed E-state index contributed by atoms with van der Waals surface area (Å²) in [7, 11) is 0. The average Bonchev–Trinajstić information content (AvgIpc) is 2.95. The minimum absolute atomic E-state index is 0.282. The van der Waals surface area contributed by atoms with E-state index in [9.17, 15) is 0 Å². The number of nitrogens with zero attached hydrogens (tertiary/aromatic N) is 5. The van der Waals surface area contributed by atoms with E-state index < -0.39 is 0 Å². The van der Waals surface area contributed by atoms with Gasteiger partial charge in [0.1, 0.15) is 12.9 Å². The molecule has 2 heterocycles. The zero-order chi connectivity index (χ0) is 13.1. The zero-order valence-electron chi connectivity index (χ0n) is 11.2. The number of rotatable bonds is 5. The van der Waals surface area contributed by atoms with Crippen molar-refractivity contribution in [2.45, 2.75) is 46.4 Å². The van der Waals surface area contributed by atoms with Crippen LogP contribution in [0.15, 0.2) is 18.7 Å². The highest BCUT2D eigenvalue weighted by molar-refractivity contribution is 5.12. The molecule has 2 aromatic rings. The van der Waals surface area contributed by atoms with E-state index in [1.165, 1.54) is 0 Å². The molecule has 0 bridgehead atoms. The van der Waals surface area contributed by atoms with Crippen LogP contribution >= 0.6 is 0 Å². The quantitative estimate of drug-likeness (QED) is 0.815. The van der Waals surface area contributed by atoms with Crippen molar-refractivity contribution in [2.75, 3.05) is 0 Å². The van der Waals surface area contributed by atoms with Crippen LogP contribution in [0.4, 0.5) is 0 Å². The van der Waals surface area contributed by atoms with Crippen LogP contribution in [0.25, 0.3) is 0 Å². The van der Waals surface area contributed by atoms with Crippen molar-refractivity contribution in [3.8, 4) is 5.75 Å². The number of ether oxygens (including phenoxy) is 1. The van der Waals surface area contributed by atoms with Crippen LogP contribution < -0.4 is 4.74 Å². The van der Waals surface area contributed by atoms with Crippen LogP contribution in [-0.4, -0.2) is 24.5 Å². The van der Waals surface area contributed by atoms with E-state index in [1.54, 1.807) is 12.5 Å². The fourth-order valence-corrected chi connectivity index (χ4v) is 1.63. The monoisotopic (exact) mass is 249 g/mol. The van der Waals surface area contributed by atoms with E-state index in [0.717, 1.165) is 11.6 Å². The summed E-state index contributed by atoms with van der Waals surface area (Å²) in [4.78, 5) is 4.19. The Hall–Kier alpha value is -1.85. The Kier molecular flexibility index (Phi) is 3.64. The second-order valence-corrected chi connectivity index (χ2v) is 4.75. The van der Waals surface area contributed by atoms with Gasteiger partial charge in [-0.15, -0.1) is 0 Å². The maximum absolute atomic E-state index is 5.67. The molecule has 6 heteroatoms. The van der Waals surface area contributed by atoms with Gasteiger partial charge in [-0.25, -0.2) is 9.67 Å². The van der Waals surface area contributed by atoms with Gasteiger partial charge >= 0.3 is 0 Å². The normalized spacial score (nSPS) is 11.4. The largest absolute Gasteiger partial charge is 0.482 e. The van der Waals surface area contributed by atoms with Crippen molar-refractivity contribution < 1.29 is 4.74 Å². The third-order valence-corrected chi connectivity index (χ3v) is 2.61. The summed E-state index contributed by atoms with van der Waals surface area (Å²) in [6, 6.07) is 0.617. The summed E-state index contributed by atoms with van der Waals surface area (Å²) in [6.07, 6.45) is 5.16. The molecule has 0 atom stereocenters. The van der Waals surface area contributed by atoms with Crippen LogP contribution in [0.2, 0.25) is 0 Å². The highest BCUT2D eigenvalue weighted by Crippen LogP contribution is 2.14. The molecule has 2 aromatic heterocycles. The molecule has 2 rings (SSSR count). The van der Waals surface area contributed by atoms with E-state index in [1.807, 2.05) is 15.6 Å². The Morgan fingerprint density at radius 3 is 2.56 bits per heavy atom. The molecule has 0 unspecified atom stereocenters. The van der Waals surface area contributed by atoms with Crippen LogP contribution in [0.1, 0.15) is 45.6 Å². The summed E-state index contributed by atoms with van der Waals surface area (Å²) in [6.45, 7) is 8.68.